The topological polar surface area (TPSA) is 170 Å². The lowest BCUT2D eigenvalue weighted by atomic mass is 9.42. The Morgan fingerprint density at radius 1 is 0.547 bits per heavy atom. The molecule has 8 aliphatic rings. The summed E-state index contributed by atoms with van der Waals surface area (Å²) in [6.07, 6.45) is 26.4. The van der Waals surface area contributed by atoms with Gasteiger partial charge in [0.2, 0.25) is 0 Å². The van der Waals surface area contributed by atoms with E-state index in [1.807, 2.05) is 0 Å². The fourth-order valence-corrected chi connectivity index (χ4v) is 20.1. The molecule has 0 radical (unpaired) electrons. The van der Waals surface area contributed by atoms with Crippen LogP contribution in [0.3, 0.4) is 0 Å². The summed E-state index contributed by atoms with van der Waals surface area (Å²) in [5, 5.41) is 11.8. The molecule has 8 rings (SSSR count). The average Bonchev–Trinajstić information content (AvgIpc) is 4.06. The Kier molecular flexibility index (Phi) is 23.0. The van der Waals surface area contributed by atoms with Crippen molar-refractivity contribution >= 4 is 0 Å². The van der Waals surface area contributed by atoms with Crippen molar-refractivity contribution in [3.8, 4) is 0 Å². The molecule has 8 fully saturated rings. The van der Waals surface area contributed by atoms with Gasteiger partial charge in [-0.3, -0.25) is 10.6 Å². The Balaban J connectivity index is 0.850. The molecule has 0 bridgehead atoms. The van der Waals surface area contributed by atoms with Crippen LogP contribution < -0.4 is 33.2 Å². The van der Waals surface area contributed by atoms with E-state index in [-0.39, 0.29) is 5.41 Å². The van der Waals surface area contributed by atoms with Gasteiger partial charge in [0.15, 0.2) is 0 Å². The predicted octanol–water partition coefficient (Wildman–Crippen LogP) is 9.90. The summed E-state index contributed by atoms with van der Waals surface area (Å²) in [6, 6.07) is 1.55. The zero-order chi connectivity index (χ0) is 53.2. The van der Waals surface area contributed by atoms with Gasteiger partial charge in [-0.1, -0.05) is 34.6 Å². The minimum atomic E-state index is 0.196. The second-order valence-corrected chi connectivity index (χ2v) is 27.3. The molecular weight excluding hydrogens is 937 g/mol. The summed E-state index contributed by atoms with van der Waals surface area (Å²) < 4.78 is 39.0. The molecule has 436 valence electrons. The van der Waals surface area contributed by atoms with Crippen LogP contribution in [0.5, 0.6) is 0 Å². The van der Waals surface area contributed by atoms with Crippen molar-refractivity contribution in [3.63, 3.8) is 0 Å². The van der Waals surface area contributed by atoms with Crippen molar-refractivity contribution in [1.82, 2.24) is 16.0 Å². The van der Waals surface area contributed by atoms with E-state index >= 15 is 0 Å². The molecule has 0 aromatic carbocycles. The Bertz CT molecular complexity index is 1670. The average molecular weight is 1060 g/mol. The van der Waals surface area contributed by atoms with E-state index in [2.05, 4.69) is 71.5 Å². The summed E-state index contributed by atoms with van der Waals surface area (Å²) >= 11 is 0. The highest BCUT2D eigenvalue weighted by molar-refractivity contribution is 5.17. The molecule has 75 heavy (non-hydrogen) atoms. The third kappa shape index (κ3) is 13.2. The van der Waals surface area contributed by atoms with E-state index in [1.165, 1.54) is 103 Å². The first kappa shape index (κ1) is 60.6. The lowest BCUT2D eigenvalue weighted by Crippen LogP contribution is -2.65. The number of nitrogens with one attached hydrogen (secondary N) is 3. The fraction of sp³-hybridized carbons (Fsp3) is 1.00. The molecule has 8 aliphatic carbocycles. The zero-order valence-electron chi connectivity index (χ0n) is 49.5. The first-order chi connectivity index (χ1) is 36.4. The van der Waals surface area contributed by atoms with Crippen molar-refractivity contribution in [2.75, 3.05) is 86.4 Å². The molecule has 12 heteroatoms. The summed E-state index contributed by atoms with van der Waals surface area (Å²) in [7, 11) is 2.25. The van der Waals surface area contributed by atoms with Gasteiger partial charge in [-0.15, -0.1) is 0 Å². The van der Waals surface area contributed by atoms with Crippen LogP contribution in [-0.2, 0) is 28.4 Å². The number of ether oxygens (including phenoxy) is 6. The third-order valence-electron chi connectivity index (χ3n) is 24.0. The van der Waals surface area contributed by atoms with Gasteiger partial charge in [0, 0.05) is 64.4 Å². The van der Waals surface area contributed by atoms with Crippen LogP contribution in [0.4, 0.5) is 0 Å². The number of rotatable bonds is 31. The highest BCUT2D eigenvalue weighted by atomic mass is 16.5. The van der Waals surface area contributed by atoms with Gasteiger partial charge < -0.3 is 50.9 Å². The maximum Gasteiger partial charge on any atom is 0.0967 e. The van der Waals surface area contributed by atoms with E-state index in [9.17, 15) is 0 Å². The molecule has 22 atom stereocenters. The number of hydrogen-bond acceptors (Lipinski definition) is 12. The van der Waals surface area contributed by atoms with Crippen LogP contribution in [-0.4, -0.2) is 123 Å². The molecule has 0 unspecified atom stereocenters. The molecular formula is C63H118N6O6. The van der Waals surface area contributed by atoms with Crippen molar-refractivity contribution in [2.24, 2.45) is 110 Å². The van der Waals surface area contributed by atoms with E-state index in [4.69, 9.17) is 45.6 Å². The van der Waals surface area contributed by atoms with Crippen LogP contribution in [0.15, 0.2) is 0 Å². The van der Waals surface area contributed by atoms with E-state index < -0.39 is 0 Å². The summed E-state index contributed by atoms with van der Waals surface area (Å²) in [4.78, 5) is 0. The lowest BCUT2D eigenvalue weighted by Gasteiger charge is -2.65. The smallest absolute Gasteiger partial charge is 0.0967 e. The summed E-state index contributed by atoms with van der Waals surface area (Å²) in [5.41, 5.74) is 18.9. The van der Waals surface area contributed by atoms with Gasteiger partial charge in [0.05, 0.1) is 31.8 Å². The van der Waals surface area contributed by atoms with Crippen LogP contribution in [0.25, 0.3) is 0 Å². The summed E-state index contributed by atoms with van der Waals surface area (Å²) in [5.74, 6) is 8.79. The molecule has 12 nitrogen and oxygen atoms in total. The zero-order valence-corrected chi connectivity index (χ0v) is 49.5. The van der Waals surface area contributed by atoms with E-state index in [1.54, 1.807) is 0 Å². The Labute approximate surface area is 459 Å². The lowest BCUT2D eigenvalue weighted by molar-refractivity contribution is -0.192. The highest BCUT2D eigenvalue weighted by Crippen LogP contribution is 2.69. The third-order valence-corrected chi connectivity index (χ3v) is 24.0. The van der Waals surface area contributed by atoms with E-state index in [0.717, 1.165) is 96.1 Å². The highest BCUT2D eigenvalue weighted by Gasteiger charge is 2.67. The molecule has 0 aromatic rings. The van der Waals surface area contributed by atoms with Crippen molar-refractivity contribution in [3.05, 3.63) is 0 Å². The molecule has 0 amide bonds. The minimum absolute atomic E-state index is 0.196. The van der Waals surface area contributed by atoms with Crippen molar-refractivity contribution in [1.29, 1.82) is 0 Å². The molecule has 0 spiro atoms. The molecule has 0 aliphatic heterocycles. The van der Waals surface area contributed by atoms with Crippen LogP contribution in [0, 0.1) is 93.2 Å². The molecule has 0 saturated heterocycles. The molecule has 0 aromatic heterocycles. The van der Waals surface area contributed by atoms with Gasteiger partial charge in [0.25, 0.3) is 0 Å². The monoisotopic (exact) mass is 1050 g/mol. The predicted molar refractivity (Wildman–Crippen MR) is 305 cm³/mol. The minimum Gasteiger partial charge on any atom is -0.381 e. The van der Waals surface area contributed by atoms with Crippen LogP contribution >= 0.6 is 0 Å². The first-order valence-corrected chi connectivity index (χ1v) is 32.2. The Hall–Kier alpha value is -0.480. The Morgan fingerprint density at radius 3 is 1.83 bits per heavy atom. The SMILES string of the molecule is CCOCN[C@@H]1CC[C@@]2(C)[C@@H](C1)C[C@@H](OCCCN)[C@@H]1[C@@H]2C[C@H](NCOCC)[C@]2(C)[C@@H]([C@H](C)CCCOCCC[C@@H](C)[C@H]3CC[C@@H]4[C@@H]3[C@@H](OCCCN)C[C@H]3[C@H]4[C@@H](NC)C[C@@H]4C[C@H](OCCCN)CC[C@@]43C)CC[C@@H]12. The van der Waals surface area contributed by atoms with Crippen LogP contribution in [0.2, 0.25) is 0 Å². The first-order valence-electron chi connectivity index (χ1n) is 32.2. The number of hydrogen-bond donors (Lipinski definition) is 6. The standard InChI is InChI=1S/C63H118N6O6/c1-9-70-40-68-46-22-24-61(5)44(34-46)37-55(74-32-14-27-65)60-51-21-20-50(63(51,7)57(39-53(60)61)69-41-71-10-2)43(4)17-12-30-72-29-11-16-42(3)48-18-19-49-58(48)56(75-33-15-28-66)38-52-59(49)54(67-8)36-45-35-47(73-31-13-26-64)23-25-62(45,52)6/h42-60,67-69H,9-41,64-66H2,1-8H3/t42-,43-,44+,45+,46-,47-,48-,49-,50-,51+,52+,53+,54+,55-,56+,57+,58-,59+,60+,61+,62+,63-/m1/s1. The number of fused-ring (bicyclic) bond motifs is 10. The van der Waals surface area contributed by atoms with Crippen molar-refractivity contribution < 1.29 is 28.4 Å². The van der Waals surface area contributed by atoms with E-state index in [0.29, 0.717) is 140 Å². The quantitative estimate of drug-likeness (QED) is 0.0288. The van der Waals surface area contributed by atoms with Gasteiger partial charge in [-0.25, -0.2) is 0 Å². The fourth-order valence-electron chi connectivity index (χ4n) is 20.1. The molecule has 0 heterocycles. The van der Waals surface area contributed by atoms with Gasteiger partial charge >= 0.3 is 0 Å². The van der Waals surface area contributed by atoms with Gasteiger partial charge in [-0.2, -0.15) is 0 Å². The second-order valence-electron chi connectivity index (χ2n) is 27.3. The molecule has 9 N–H and O–H groups in total. The van der Waals surface area contributed by atoms with Crippen molar-refractivity contribution in [2.45, 2.75) is 220 Å². The largest absolute Gasteiger partial charge is 0.381 e. The second kappa shape index (κ2) is 28.5. The Morgan fingerprint density at radius 2 is 1.16 bits per heavy atom. The maximum absolute atomic E-state index is 7.06. The molecule has 8 saturated carbocycles. The van der Waals surface area contributed by atoms with Crippen LogP contribution in [0.1, 0.15) is 183 Å². The number of nitrogens with two attached hydrogens (primary N) is 3. The summed E-state index contributed by atoms with van der Waals surface area (Å²) in [6.45, 7) is 26.5. The maximum atomic E-state index is 7.06. The van der Waals surface area contributed by atoms with Gasteiger partial charge in [-0.05, 0) is 269 Å². The van der Waals surface area contributed by atoms with Gasteiger partial charge in [0.1, 0.15) is 0 Å². The normalized spacial score (nSPS) is 43.0.